The molecule has 2 nitrogen and oxygen atoms in total. The van der Waals surface area contributed by atoms with Gasteiger partial charge < -0.3 is 9.47 Å². The van der Waals surface area contributed by atoms with Gasteiger partial charge in [0, 0.05) is 53.6 Å². The van der Waals surface area contributed by atoms with Crippen LogP contribution in [-0.2, 0) is 0 Å². The molecule has 0 saturated heterocycles. The van der Waals surface area contributed by atoms with Crippen LogP contribution in [0.4, 0.5) is 17.1 Å². The molecule has 0 bridgehead atoms. The Morgan fingerprint density at radius 2 is 0.831 bits per heavy atom. The third kappa shape index (κ3) is 6.24. The van der Waals surface area contributed by atoms with Gasteiger partial charge in [0.15, 0.2) is 0 Å². The lowest BCUT2D eigenvalue weighted by molar-refractivity contribution is 1.18. The molecule has 0 amide bonds. The molecule has 11 aromatic carbocycles. The maximum absolute atomic E-state index is 2.47. The van der Waals surface area contributed by atoms with Crippen LogP contribution in [0.1, 0.15) is 0 Å². The van der Waals surface area contributed by atoms with E-state index >= 15 is 0 Å². The van der Waals surface area contributed by atoms with Gasteiger partial charge in [0.25, 0.3) is 0 Å². The molecule has 0 spiro atoms. The van der Waals surface area contributed by atoms with E-state index in [1.54, 1.807) is 0 Å². The standard InChI is InChI=1S/C62H40N2S/c1-2-18-46(19-3-1)64-58-26-10-8-22-53(58)56-39-55(45-32-37-62-57(38-45)54-23-9-11-27-61(54)65-62)59(40-60(56)64)63(47-33-28-43(29-34-47)51-24-12-16-41-14-4-6-20-49(41)51)48-35-30-44(31-36-48)52-25-13-17-42-15-5-7-21-50(42)52/h1-40H. The van der Waals surface area contributed by atoms with Crippen molar-refractivity contribution in [2.75, 3.05) is 4.90 Å². The molecular formula is C62H40N2S. The summed E-state index contributed by atoms with van der Waals surface area (Å²) in [6, 6.07) is 89.2. The van der Waals surface area contributed by atoms with E-state index in [2.05, 4.69) is 252 Å². The number of para-hydroxylation sites is 2. The molecule has 0 radical (unpaired) electrons. The predicted molar refractivity (Wildman–Crippen MR) is 280 cm³/mol. The third-order valence-electron chi connectivity index (χ3n) is 13.2. The van der Waals surface area contributed by atoms with Crippen LogP contribution in [0.25, 0.3) is 103 Å². The number of benzene rings is 11. The van der Waals surface area contributed by atoms with Gasteiger partial charge in [-0.05, 0) is 122 Å². The summed E-state index contributed by atoms with van der Waals surface area (Å²) in [5.41, 5.74) is 13.9. The average molecular weight is 845 g/mol. The van der Waals surface area contributed by atoms with E-state index in [4.69, 9.17) is 0 Å². The maximum Gasteiger partial charge on any atom is 0.0562 e. The molecule has 2 aromatic heterocycles. The van der Waals surface area contributed by atoms with Gasteiger partial charge in [0.05, 0.1) is 16.7 Å². The first-order chi connectivity index (χ1) is 32.2. The van der Waals surface area contributed by atoms with Crippen LogP contribution in [0.2, 0.25) is 0 Å². The summed E-state index contributed by atoms with van der Waals surface area (Å²) < 4.78 is 5.03. The van der Waals surface area contributed by atoms with Gasteiger partial charge in [0.2, 0.25) is 0 Å². The SMILES string of the molecule is c1ccc(-n2c3ccccc3c3cc(-c4ccc5sc6ccccc6c5c4)c(N(c4ccc(-c5cccc6ccccc56)cc4)c4ccc(-c5cccc6ccccc56)cc4)cc32)cc1. The summed E-state index contributed by atoms with van der Waals surface area (Å²) in [4.78, 5) is 2.47. The fourth-order valence-corrected chi connectivity index (χ4v) is 11.2. The fourth-order valence-electron chi connectivity index (χ4n) is 10.1. The Hall–Kier alpha value is -8.24. The van der Waals surface area contributed by atoms with Crippen molar-refractivity contribution in [1.82, 2.24) is 4.57 Å². The van der Waals surface area contributed by atoms with Crippen molar-refractivity contribution in [2.45, 2.75) is 0 Å². The summed E-state index contributed by atoms with van der Waals surface area (Å²) in [6.45, 7) is 0. The average Bonchev–Trinajstić information content (AvgIpc) is 3.91. The Morgan fingerprint density at radius 3 is 1.49 bits per heavy atom. The van der Waals surface area contributed by atoms with Crippen molar-refractivity contribution in [1.29, 1.82) is 0 Å². The molecule has 0 fully saturated rings. The molecule has 13 aromatic rings. The molecule has 0 aliphatic heterocycles. The first kappa shape index (κ1) is 37.3. The normalized spacial score (nSPS) is 11.7. The number of rotatable bonds is 7. The first-order valence-corrected chi connectivity index (χ1v) is 23.1. The minimum absolute atomic E-state index is 1.08. The summed E-state index contributed by atoms with van der Waals surface area (Å²) in [5, 5.41) is 10.0. The van der Waals surface area contributed by atoms with Gasteiger partial charge in [-0.25, -0.2) is 0 Å². The Labute approximate surface area is 381 Å². The summed E-state index contributed by atoms with van der Waals surface area (Å²) >= 11 is 1.86. The van der Waals surface area contributed by atoms with Crippen molar-refractivity contribution in [3.05, 3.63) is 243 Å². The number of aromatic nitrogens is 1. The lowest BCUT2D eigenvalue weighted by Gasteiger charge is -2.29. The van der Waals surface area contributed by atoms with Crippen molar-refractivity contribution in [3.8, 4) is 39.1 Å². The molecule has 65 heavy (non-hydrogen) atoms. The molecule has 0 saturated carbocycles. The van der Waals surface area contributed by atoms with Gasteiger partial charge >= 0.3 is 0 Å². The van der Waals surface area contributed by atoms with E-state index in [0.29, 0.717) is 0 Å². The van der Waals surface area contributed by atoms with Gasteiger partial charge in [-0.3, -0.25) is 0 Å². The monoisotopic (exact) mass is 844 g/mol. The minimum atomic E-state index is 1.08. The second-order valence-electron chi connectivity index (χ2n) is 16.9. The van der Waals surface area contributed by atoms with Crippen molar-refractivity contribution >= 4 is 91.9 Å². The largest absolute Gasteiger partial charge is 0.310 e. The molecule has 304 valence electrons. The number of anilines is 3. The van der Waals surface area contributed by atoms with Crippen molar-refractivity contribution in [3.63, 3.8) is 0 Å². The van der Waals surface area contributed by atoms with E-state index in [1.807, 2.05) is 11.3 Å². The quantitative estimate of drug-likeness (QED) is 0.155. The molecule has 0 N–H and O–H groups in total. The topological polar surface area (TPSA) is 8.17 Å². The molecule has 2 heterocycles. The van der Waals surface area contributed by atoms with Crippen LogP contribution in [0.5, 0.6) is 0 Å². The summed E-state index contributed by atoms with van der Waals surface area (Å²) in [7, 11) is 0. The zero-order valence-electron chi connectivity index (χ0n) is 35.4. The van der Waals surface area contributed by atoms with Crippen LogP contribution in [-0.4, -0.2) is 4.57 Å². The second kappa shape index (κ2) is 15.2. The van der Waals surface area contributed by atoms with Crippen LogP contribution in [0.3, 0.4) is 0 Å². The molecule has 3 heteroatoms. The zero-order chi connectivity index (χ0) is 42.8. The molecule has 13 rings (SSSR count). The molecule has 0 unspecified atom stereocenters. The van der Waals surface area contributed by atoms with Crippen LogP contribution >= 0.6 is 11.3 Å². The highest BCUT2D eigenvalue weighted by molar-refractivity contribution is 7.25. The second-order valence-corrected chi connectivity index (χ2v) is 18.0. The Kier molecular flexibility index (Phi) is 8.75. The number of thiophene rings is 1. The van der Waals surface area contributed by atoms with Crippen LogP contribution in [0, 0.1) is 0 Å². The molecule has 0 atom stereocenters. The van der Waals surface area contributed by atoms with E-state index in [1.165, 1.54) is 91.4 Å². The lowest BCUT2D eigenvalue weighted by Crippen LogP contribution is -2.11. The zero-order valence-corrected chi connectivity index (χ0v) is 36.2. The first-order valence-electron chi connectivity index (χ1n) is 22.2. The molecule has 0 aliphatic carbocycles. The highest BCUT2D eigenvalue weighted by Gasteiger charge is 2.23. The third-order valence-corrected chi connectivity index (χ3v) is 14.3. The van der Waals surface area contributed by atoms with Crippen molar-refractivity contribution in [2.24, 2.45) is 0 Å². The molecule has 0 aliphatic rings. The lowest BCUT2D eigenvalue weighted by atomic mass is 9.96. The van der Waals surface area contributed by atoms with Gasteiger partial charge in [0.1, 0.15) is 0 Å². The number of nitrogens with zero attached hydrogens (tertiary/aromatic N) is 2. The number of hydrogen-bond donors (Lipinski definition) is 0. The molecular weight excluding hydrogens is 805 g/mol. The fraction of sp³-hybridized carbons (Fsp3) is 0. The van der Waals surface area contributed by atoms with E-state index in [9.17, 15) is 0 Å². The van der Waals surface area contributed by atoms with Gasteiger partial charge in [-0.2, -0.15) is 0 Å². The minimum Gasteiger partial charge on any atom is -0.310 e. The van der Waals surface area contributed by atoms with Gasteiger partial charge in [-0.1, -0.05) is 170 Å². The van der Waals surface area contributed by atoms with E-state index in [0.717, 1.165) is 28.3 Å². The highest BCUT2D eigenvalue weighted by atomic mass is 32.1. The Balaban J connectivity index is 1.08. The van der Waals surface area contributed by atoms with Gasteiger partial charge in [-0.15, -0.1) is 11.3 Å². The smallest absolute Gasteiger partial charge is 0.0562 e. The van der Waals surface area contributed by atoms with Crippen LogP contribution in [0.15, 0.2) is 243 Å². The Bertz CT molecular complexity index is 3800. The van der Waals surface area contributed by atoms with E-state index < -0.39 is 0 Å². The summed E-state index contributed by atoms with van der Waals surface area (Å²) in [5.74, 6) is 0. The van der Waals surface area contributed by atoms with Crippen molar-refractivity contribution < 1.29 is 0 Å². The van der Waals surface area contributed by atoms with Crippen LogP contribution < -0.4 is 4.90 Å². The highest BCUT2D eigenvalue weighted by Crippen LogP contribution is 2.48. The Morgan fingerprint density at radius 1 is 0.308 bits per heavy atom. The summed E-state index contributed by atoms with van der Waals surface area (Å²) in [6.07, 6.45) is 0. The number of fused-ring (bicyclic) bond motifs is 8. The maximum atomic E-state index is 2.47. The van der Waals surface area contributed by atoms with E-state index in [-0.39, 0.29) is 0 Å². The predicted octanol–water partition coefficient (Wildman–Crippen LogP) is 17.9. The number of hydrogen-bond acceptors (Lipinski definition) is 2.